The number of carboxylic acids is 1. The Bertz CT molecular complexity index is 1130. The van der Waals surface area contributed by atoms with Gasteiger partial charge in [-0.1, -0.05) is 48.5 Å². The Kier molecular flexibility index (Phi) is 6.12. The second-order valence-corrected chi connectivity index (χ2v) is 7.68. The summed E-state index contributed by atoms with van der Waals surface area (Å²) in [6, 6.07) is 21.1. The monoisotopic (exact) mass is 431 g/mol. The number of benzene rings is 3. The highest BCUT2D eigenvalue weighted by molar-refractivity contribution is 5.98. The van der Waals surface area contributed by atoms with E-state index in [4.69, 9.17) is 9.47 Å². The number of nitrogens with zero attached hydrogens (tertiary/aromatic N) is 1. The summed E-state index contributed by atoms with van der Waals surface area (Å²) in [5, 5.41) is 9.81. The van der Waals surface area contributed by atoms with Crippen LogP contribution in [0.15, 0.2) is 72.8 Å². The number of carbonyl (C=O) groups is 2. The van der Waals surface area contributed by atoms with Crippen LogP contribution in [0.4, 0.5) is 0 Å². The van der Waals surface area contributed by atoms with E-state index in [2.05, 4.69) is 0 Å². The van der Waals surface area contributed by atoms with Gasteiger partial charge in [-0.2, -0.15) is 0 Å². The molecule has 0 saturated carbocycles. The van der Waals surface area contributed by atoms with Crippen molar-refractivity contribution in [2.45, 2.75) is 24.9 Å². The Morgan fingerprint density at radius 1 is 0.875 bits per heavy atom. The van der Waals surface area contributed by atoms with Gasteiger partial charge in [0, 0.05) is 16.7 Å². The van der Waals surface area contributed by atoms with Crippen LogP contribution < -0.4 is 9.47 Å². The van der Waals surface area contributed by atoms with Crippen LogP contribution in [-0.2, 0) is 4.79 Å². The molecule has 0 unspecified atom stereocenters. The summed E-state index contributed by atoms with van der Waals surface area (Å²) in [5.74, 6) is -0.160. The van der Waals surface area contributed by atoms with E-state index in [0.717, 1.165) is 16.7 Å². The van der Waals surface area contributed by atoms with Crippen LogP contribution in [0.25, 0.3) is 11.1 Å². The highest BCUT2D eigenvalue weighted by Crippen LogP contribution is 2.41. The van der Waals surface area contributed by atoms with Gasteiger partial charge in [-0.15, -0.1) is 0 Å². The molecule has 32 heavy (non-hydrogen) atoms. The van der Waals surface area contributed by atoms with Crippen molar-refractivity contribution in [3.05, 3.63) is 83.9 Å². The van der Waals surface area contributed by atoms with Gasteiger partial charge in [0.25, 0.3) is 5.91 Å². The fourth-order valence-corrected chi connectivity index (χ4v) is 4.41. The molecule has 164 valence electrons. The van der Waals surface area contributed by atoms with Crippen molar-refractivity contribution in [1.29, 1.82) is 0 Å². The molecular formula is C26H25NO5. The Hall–Kier alpha value is -3.80. The predicted molar refractivity (Wildman–Crippen MR) is 121 cm³/mol. The minimum Gasteiger partial charge on any atom is -0.496 e. The third-order valence-corrected chi connectivity index (χ3v) is 5.94. The number of hydrogen-bond acceptors (Lipinski definition) is 4. The molecule has 0 aliphatic carbocycles. The lowest BCUT2D eigenvalue weighted by molar-refractivity contribution is -0.141. The molecular weight excluding hydrogens is 406 g/mol. The molecule has 3 aromatic rings. The molecule has 6 heteroatoms. The number of likely N-dealkylation sites (tertiary alicyclic amines) is 1. The second kappa shape index (κ2) is 9.14. The zero-order valence-electron chi connectivity index (χ0n) is 18.0. The maximum absolute atomic E-state index is 13.6. The lowest BCUT2D eigenvalue weighted by Gasteiger charge is -2.30. The molecule has 1 aliphatic heterocycles. The average Bonchev–Trinajstić information content (AvgIpc) is 3.29. The normalized spacial score (nSPS) is 17.8. The van der Waals surface area contributed by atoms with E-state index in [1.807, 2.05) is 60.7 Å². The van der Waals surface area contributed by atoms with Gasteiger partial charge < -0.3 is 19.5 Å². The zero-order chi connectivity index (χ0) is 22.7. The summed E-state index contributed by atoms with van der Waals surface area (Å²) in [4.78, 5) is 27.1. The van der Waals surface area contributed by atoms with Gasteiger partial charge in [-0.05, 0) is 42.7 Å². The van der Waals surface area contributed by atoms with Crippen LogP contribution in [-0.4, -0.2) is 42.1 Å². The number of aliphatic carboxylic acids is 1. The summed E-state index contributed by atoms with van der Waals surface area (Å²) in [6.07, 6.45) is 0.922. The van der Waals surface area contributed by atoms with Gasteiger partial charge in [-0.25, -0.2) is 4.79 Å². The van der Waals surface area contributed by atoms with Crippen LogP contribution in [0.1, 0.15) is 34.8 Å². The Morgan fingerprint density at radius 2 is 1.56 bits per heavy atom. The molecule has 1 heterocycles. The van der Waals surface area contributed by atoms with Crippen molar-refractivity contribution >= 4 is 11.9 Å². The lowest BCUT2D eigenvalue weighted by Crippen LogP contribution is -2.41. The molecule has 0 radical (unpaired) electrons. The number of methoxy groups -OCH3 is 2. The summed E-state index contributed by atoms with van der Waals surface area (Å²) in [6.45, 7) is 0. The molecule has 1 fully saturated rings. The third-order valence-electron chi connectivity index (χ3n) is 5.94. The van der Waals surface area contributed by atoms with E-state index < -0.39 is 12.0 Å². The largest absolute Gasteiger partial charge is 0.496 e. The first-order valence-electron chi connectivity index (χ1n) is 10.5. The topological polar surface area (TPSA) is 76.1 Å². The lowest BCUT2D eigenvalue weighted by atomic mass is 10.0. The number of amides is 1. The molecule has 1 aliphatic rings. The van der Waals surface area contributed by atoms with Crippen LogP contribution in [0.2, 0.25) is 0 Å². The number of para-hydroxylation sites is 1. The van der Waals surface area contributed by atoms with Crippen molar-refractivity contribution in [2.75, 3.05) is 14.2 Å². The van der Waals surface area contributed by atoms with Crippen molar-refractivity contribution in [2.24, 2.45) is 0 Å². The van der Waals surface area contributed by atoms with Crippen molar-refractivity contribution in [3.63, 3.8) is 0 Å². The quantitative estimate of drug-likeness (QED) is 0.607. The minimum absolute atomic E-state index is 0.344. The van der Waals surface area contributed by atoms with Gasteiger partial charge in [0.15, 0.2) is 0 Å². The maximum atomic E-state index is 13.6. The Morgan fingerprint density at radius 3 is 2.25 bits per heavy atom. The molecule has 0 bridgehead atoms. The molecule has 3 aromatic carbocycles. The van der Waals surface area contributed by atoms with E-state index in [1.165, 1.54) is 4.90 Å². The third kappa shape index (κ3) is 3.91. The van der Waals surface area contributed by atoms with E-state index in [-0.39, 0.29) is 11.9 Å². The van der Waals surface area contributed by atoms with E-state index in [1.54, 1.807) is 26.4 Å². The van der Waals surface area contributed by atoms with Gasteiger partial charge in [0.2, 0.25) is 0 Å². The minimum atomic E-state index is -1.01. The van der Waals surface area contributed by atoms with Gasteiger partial charge in [-0.3, -0.25) is 4.79 Å². The molecule has 1 N–H and O–H groups in total. The first-order valence-corrected chi connectivity index (χ1v) is 10.5. The van der Waals surface area contributed by atoms with Gasteiger partial charge in [0.05, 0.1) is 20.3 Å². The predicted octanol–water partition coefficient (Wildman–Crippen LogP) is 4.80. The standard InChI is InChI=1S/C26H25NO5/c1-31-23-11-7-6-10-20(23)21-14-15-22(26(29)30)27(21)25(28)18-12-13-19(24(16-18)32-2)17-8-4-3-5-9-17/h3-13,16,21-22H,14-15H2,1-2H3,(H,29,30)/t21-,22+/m1/s1. The van der Waals surface area contributed by atoms with E-state index >= 15 is 0 Å². The Balaban J connectivity index is 1.74. The fraction of sp³-hybridized carbons (Fsp3) is 0.231. The smallest absolute Gasteiger partial charge is 0.326 e. The second-order valence-electron chi connectivity index (χ2n) is 7.68. The molecule has 0 aromatic heterocycles. The van der Waals surface area contributed by atoms with Crippen molar-refractivity contribution in [3.8, 4) is 22.6 Å². The number of hydrogen-bond donors (Lipinski definition) is 1. The average molecular weight is 431 g/mol. The fourth-order valence-electron chi connectivity index (χ4n) is 4.41. The van der Waals surface area contributed by atoms with E-state index in [9.17, 15) is 14.7 Å². The van der Waals surface area contributed by atoms with Crippen molar-refractivity contribution in [1.82, 2.24) is 4.90 Å². The highest BCUT2D eigenvalue weighted by Gasteiger charge is 2.43. The summed E-state index contributed by atoms with van der Waals surface area (Å²) < 4.78 is 11.1. The molecule has 1 amide bonds. The van der Waals surface area contributed by atoms with Crippen LogP contribution in [0, 0.1) is 0 Å². The first-order chi connectivity index (χ1) is 15.5. The molecule has 1 saturated heterocycles. The van der Waals surface area contributed by atoms with Crippen molar-refractivity contribution < 1.29 is 24.2 Å². The SMILES string of the molecule is COc1cc(C(=O)N2[C@@H](c3ccccc3OC)CC[C@H]2C(=O)O)ccc1-c1ccccc1. The van der Waals surface area contributed by atoms with Crippen LogP contribution >= 0.6 is 0 Å². The molecule has 0 spiro atoms. The van der Waals surface area contributed by atoms with Crippen LogP contribution in [0.5, 0.6) is 11.5 Å². The zero-order valence-corrected chi connectivity index (χ0v) is 18.0. The van der Waals surface area contributed by atoms with Crippen LogP contribution in [0.3, 0.4) is 0 Å². The number of ether oxygens (including phenoxy) is 2. The Labute approximate surface area is 187 Å². The maximum Gasteiger partial charge on any atom is 0.326 e. The summed E-state index contributed by atoms with van der Waals surface area (Å²) >= 11 is 0. The van der Waals surface area contributed by atoms with Gasteiger partial charge >= 0.3 is 5.97 Å². The number of carbonyl (C=O) groups excluding carboxylic acids is 1. The van der Waals surface area contributed by atoms with E-state index in [0.29, 0.717) is 29.9 Å². The number of carboxylic acid groups (broad SMARTS) is 1. The molecule has 4 rings (SSSR count). The number of rotatable bonds is 6. The molecule has 2 atom stereocenters. The first kappa shape index (κ1) is 21.4. The molecule has 6 nitrogen and oxygen atoms in total. The highest BCUT2D eigenvalue weighted by atomic mass is 16.5. The summed E-state index contributed by atoms with van der Waals surface area (Å²) in [7, 11) is 3.13. The van der Waals surface area contributed by atoms with Gasteiger partial charge in [0.1, 0.15) is 17.5 Å². The summed E-state index contributed by atoms with van der Waals surface area (Å²) in [5.41, 5.74) is 3.02.